The van der Waals surface area contributed by atoms with Crippen molar-refractivity contribution in [2.24, 2.45) is 0 Å². The number of hydrogen-bond acceptors (Lipinski definition) is 5. The van der Waals surface area contributed by atoms with E-state index in [2.05, 4.69) is 6.07 Å². The Morgan fingerprint density at radius 2 is 1.92 bits per heavy atom. The minimum Gasteiger partial charge on any atom is -0.491 e. The Hall–Kier alpha value is -1.55. The van der Waals surface area contributed by atoms with Crippen LogP contribution in [-0.2, 0) is 14.0 Å². The first kappa shape index (κ1) is 17.3. The van der Waals surface area contributed by atoms with Crippen molar-refractivity contribution < 1.29 is 18.8 Å². The van der Waals surface area contributed by atoms with E-state index in [0.717, 1.165) is 24.9 Å². The molecule has 0 aromatic heterocycles. The van der Waals surface area contributed by atoms with Gasteiger partial charge in [0, 0.05) is 6.61 Å². The van der Waals surface area contributed by atoms with Crippen molar-refractivity contribution in [1.29, 1.82) is 5.26 Å². The van der Waals surface area contributed by atoms with Crippen molar-refractivity contribution in [2.75, 3.05) is 13.2 Å². The molecule has 0 amide bonds. The second-order valence-electron chi connectivity index (χ2n) is 7.44. The molecule has 2 saturated heterocycles. The molecule has 1 aromatic carbocycles. The Balaban J connectivity index is 1.78. The summed E-state index contributed by atoms with van der Waals surface area (Å²) >= 11 is 0. The van der Waals surface area contributed by atoms with Gasteiger partial charge in [-0.05, 0) is 64.2 Å². The molecule has 0 saturated carbocycles. The van der Waals surface area contributed by atoms with Gasteiger partial charge in [-0.2, -0.15) is 5.26 Å². The summed E-state index contributed by atoms with van der Waals surface area (Å²) in [6.07, 6.45) is 2.23. The van der Waals surface area contributed by atoms with E-state index in [1.165, 1.54) is 0 Å². The van der Waals surface area contributed by atoms with Gasteiger partial charge in [-0.1, -0.05) is 0 Å². The van der Waals surface area contributed by atoms with E-state index in [0.29, 0.717) is 17.9 Å². The van der Waals surface area contributed by atoms with Crippen molar-refractivity contribution in [1.82, 2.24) is 0 Å². The van der Waals surface area contributed by atoms with Crippen LogP contribution in [0.2, 0.25) is 0 Å². The predicted molar refractivity (Wildman–Crippen MR) is 91.3 cm³/mol. The summed E-state index contributed by atoms with van der Waals surface area (Å²) in [6, 6.07) is 7.60. The first-order valence-corrected chi connectivity index (χ1v) is 8.46. The van der Waals surface area contributed by atoms with Crippen LogP contribution in [0.15, 0.2) is 18.2 Å². The fourth-order valence-electron chi connectivity index (χ4n) is 2.85. The normalized spacial score (nSPS) is 24.8. The Morgan fingerprint density at radius 1 is 1.21 bits per heavy atom. The minimum atomic E-state index is -0.506. The molecule has 2 aliphatic rings. The topological polar surface area (TPSA) is 60.7 Å². The van der Waals surface area contributed by atoms with Crippen molar-refractivity contribution in [2.45, 2.75) is 57.8 Å². The van der Waals surface area contributed by atoms with E-state index in [9.17, 15) is 5.26 Å². The summed E-state index contributed by atoms with van der Waals surface area (Å²) in [5.74, 6) is 0.647. The zero-order valence-corrected chi connectivity index (χ0v) is 14.8. The number of hydrogen-bond donors (Lipinski definition) is 0. The first-order chi connectivity index (χ1) is 11.3. The summed E-state index contributed by atoms with van der Waals surface area (Å²) in [4.78, 5) is 0. The maximum absolute atomic E-state index is 9.30. The monoisotopic (exact) mass is 329 g/mol. The quantitative estimate of drug-likeness (QED) is 0.794. The summed E-state index contributed by atoms with van der Waals surface area (Å²) < 4.78 is 23.6. The third-order valence-corrected chi connectivity index (χ3v) is 5.04. The van der Waals surface area contributed by atoms with E-state index in [4.69, 9.17) is 18.8 Å². The minimum absolute atomic E-state index is 0.135. The number of rotatable bonds is 4. The molecule has 0 bridgehead atoms. The summed E-state index contributed by atoms with van der Waals surface area (Å²) in [5, 5.41) is 9.30. The first-order valence-electron chi connectivity index (χ1n) is 8.46. The van der Waals surface area contributed by atoms with Crippen LogP contribution in [0.3, 0.4) is 0 Å². The lowest BCUT2D eigenvalue weighted by Gasteiger charge is -2.32. The van der Waals surface area contributed by atoms with Gasteiger partial charge in [0.1, 0.15) is 12.4 Å². The molecule has 0 N–H and O–H groups in total. The molecule has 0 aliphatic carbocycles. The van der Waals surface area contributed by atoms with Crippen LogP contribution >= 0.6 is 0 Å². The van der Waals surface area contributed by atoms with Crippen LogP contribution in [0, 0.1) is 11.3 Å². The molecule has 2 heterocycles. The summed E-state index contributed by atoms with van der Waals surface area (Å²) in [7, 11) is -0.506. The van der Waals surface area contributed by atoms with Crippen LogP contribution in [-0.4, -0.2) is 37.6 Å². The summed E-state index contributed by atoms with van der Waals surface area (Å²) in [6.45, 7) is 9.33. The zero-order chi connectivity index (χ0) is 17.4. The molecule has 0 radical (unpaired) electrons. The lowest BCUT2D eigenvalue weighted by atomic mass is 9.78. The van der Waals surface area contributed by atoms with Crippen molar-refractivity contribution in [3.8, 4) is 11.8 Å². The average Bonchev–Trinajstić information content (AvgIpc) is 3.11. The van der Waals surface area contributed by atoms with Crippen molar-refractivity contribution >= 4 is 12.6 Å². The van der Waals surface area contributed by atoms with Gasteiger partial charge in [0.05, 0.1) is 28.9 Å². The molecule has 5 nitrogen and oxygen atoms in total. The molecular formula is C18H24BNO4. The Morgan fingerprint density at radius 3 is 2.50 bits per heavy atom. The SMILES string of the molecule is CC1(C)OB(c2cc(C#N)cc(OC[C@@H]3CCCO3)c2)OC1(C)C. The van der Waals surface area contributed by atoms with Gasteiger partial charge in [-0.3, -0.25) is 0 Å². The maximum Gasteiger partial charge on any atom is 0.495 e. The standard InChI is InChI=1S/C18H24BNO4/c1-17(2)18(3,4)24-19(23-17)14-8-13(11-20)9-16(10-14)22-12-15-6-5-7-21-15/h8-10,15H,5-7,12H2,1-4H3/t15-/m0/s1. The van der Waals surface area contributed by atoms with Gasteiger partial charge in [0.25, 0.3) is 0 Å². The number of nitriles is 1. The largest absolute Gasteiger partial charge is 0.495 e. The second-order valence-corrected chi connectivity index (χ2v) is 7.44. The van der Waals surface area contributed by atoms with E-state index in [1.807, 2.05) is 33.8 Å². The zero-order valence-electron chi connectivity index (χ0n) is 14.8. The molecule has 128 valence electrons. The lowest BCUT2D eigenvalue weighted by molar-refractivity contribution is 0.00578. The van der Waals surface area contributed by atoms with E-state index < -0.39 is 18.3 Å². The van der Waals surface area contributed by atoms with Gasteiger partial charge < -0.3 is 18.8 Å². The van der Waals surface area contributed by atoms with Crippen LogP contribution in [0.4, 0.5) is 0 Å². The Kier molecular flexibility index (Phi) is 4.61. The van der Waals surface area contributed by atoms with Crippen LogP contribution in [0.5, 0.6) is 5.75 Å². The number of benzene rings is 1. The highest BCUT2D eigenvalue weighted by Gasteiger charge is 2.51. The smallest absolute Gasteiger partial charge is 0.491 e. The van der Waals surface area contributed by atoms with Gasteiger partial charge in [0.15, 0.2) is 0 Å². The highest BCUT2D eigenvalue weighted by Crippen LogP contribution is 2.36. The second kappa shape index (κ2) is 6.40. The maximum atomic E-state index is 9.30. The number of ether oxygens (including phenoxy) is 2. The third-order valence-electron chi connectivity index (χ3n) is 5.04. The molecule has 1 aromatic rings. The molecule has 3 rings (SSSR count). The average molecular weight is 329 g/mol. The molecule has 2 aliphatic heterocycles. The third kappa shape index (κ3) is 3.44. The molecule has 0 unspecified atom stereocenters. The molecule has 0 spiro atoms. The van der Waals surface area contributed by atoms with Gasteiger partial charge in [-0.25, -0.2) is 0 Å². The Labute approximate surface area is 144 Å². The van der Waals surface area contributed by atoms with Crippen LogP contribution < -0.4 is 10.2 Å². The fourth-order valence-corrected chi connectivity index (χ4v) is 2.85. The molecule has 2 fully saturated rings. The molecule has 6 heteroatoms. The Bertz CT molecular complexity index is 631. The van der Waals surface area contributed by atoms with E-state index >= 15 is 0 Å². The van der Waals surface area contributed by atoms with Crippen molar-refractivity contribution in [3.05, 3.63) is 23.8 Å². The molecule has 1 atom stereocenters. The van der Waals surface area contributed by atoms with E-state index in [1.54, 1.807) is 12.1 Å². The fraction of sp³-hybridized carbons (Fsp3) is 0.611. The predicted octanol–water partition coefficient (Wildman–Crippen LogP) is 2.42. The highest BCUT2D eigenvalue weighted by atomic mass is 16.7. The highest BCUT2D eigenvalue weighted by molar-refractivity contribution is 6.62. The van der Waals surface area contributed by atoms with Crippen molar-refractivity contribution in [3.63, 3.8) is 0 Å². The van der Waals surface area contributed by atoms with Crippen LogP contribution in [0.1, 0.15) is 46.1 Å². The molecule has 24 heavy (non-hydrogen) atoms. The van der Waals surface area contributed by atoms with Crippen LogP contribution in [0.25, 0.3) is 0 Å². The molecular weight excluding hydrogens is 305 g/mol. The number of nitrogens with zero attached hydrogens (tertiary/aromatic N) is 1. The lowest BCUT2D eigenvalue weighted by Crippen LogP contribution is -2.41. The van der Waals surface area contributed by atoms with Gasteiger partial charge in [0.2, 0.25) is 0 Å². The summed E-state index contributed by atoms with van der Waals surface area (Å²) in [5.41, 5.74) is 0.498. The van der Waals surface area contributed by atoms with E-state index in [-0.39, 0.29) is 6.10 Å². The van der Waals surface area contributed by atoms with Gasteiger partial charge in [-0.15, -0.1) is 0 Å². The van der Waals surface area contributed by atoms with Gasteiger partial charge >= 0.3 is 7.12 Å².